The minimum absolute atomic E-state index is 0.438. The average Bonchev–Trinajstić information content (AvgIpc) is 2.29. The first kappa shape index (κ1) is 11.3. The molecule has 0 aliphatic heterocycles. The summed E-state index contributed by atoms with van der Waals surface area (Å²) in [6.45, 7) is 2.00. The summed E-state index contributed by atoms with van der Waals surface area (Å²) in [5, 5.41) is 9.79. The predicted octanol–water partition coefficient (Wildman–Crippen LogP) is 4.13. The van der Waals surface area contributed by atoms with E-state index in [1.165, 1.54) is 32.1 Å². The van der Waals surface area contributed by atoms with E-state index in [0.717, 1.165) is 17.5 Å². The molecular formula is C15H20O. The van der Waals surface area contributed by atoms with E-state index < -0.39 is 0 Å². The molecule has 1 fully saturated rings. The molecular weight excluding hydrogens is 196 g/mol. The number of hydrogen-bond donors (Lipinski definition) is 1. The lowest BCUT2D eigenvalue weighted by molar-refractivity contribution is 0.469. The Hall–Kier alpha value is -1.24. The minimum atomic E-state index is 0.438. The normalized spacial score (nSPS) is 16.2. The monoisotopic (exact) mass is 216 g/mol. The highest BCUT2D eigenvalue weighted by Crippen LogP contribution is 2.25. The third kappa shape index (κ3) is 2.88. The Bertz CT molecular complexity index is 382. The first-order valence-electron chi connectivity index (χ1n) is 6.22. The van der Waals surface area contributed by atoms with Gasteiger partial charge in [0.05, 0.1) is 0 Å². The van der Waals surface area contributed by atoms with Crippen molar-refractivity contribution in [1.82, 2.24) is 0 Å². The molecule has 0 amide bonds. The van der Waals surface area contributed by atoms with Crippen LogP contribution < -0.4 is 0 Å². The van der Waals surface area contributed by atoms with Gasteiger partial charge in [0.15, 0.2) is 0 Å². The summed E-state index contributed by atoms with van der Waals surface area (Å²) in [7, 11) is 0. The van der Waals surface area contributed by atoms with Crippen molar-refractivity contribution < 1.29 is 5.11 Å². The molecule has 1 heteroatoms. The summed E-state index contributed by atoms with van der Waals surface area (Å²) in [5.41, 5.74) is 3.74. The summed E-state index contributed by atoms with van der Waals surface area (Å²) in [4.78, 5) is 0. The second-order valence-corrected chi connectivity index (χ2v) is 4.76. The second-order valence-electron chi connectivity index (χ2n) is 4.76. The Morgan fingerprint density at radius 3 is 2.62 bits per heavy atom. The molecule has 0 heterocycles. The molecule has 86 valence electrons. The van der Waals surface area contributed by atoms with Crippen molar-refractivity contribution in [2.24, 2.45) is 0 Å². The van der Waals surface area contributed by atoms with Crippen LogP contribution in [0.5, 0.6) is 5.75 Å². The molecule has 2 rings (SSSR count). The Kier molecular flexibility index (Phi) is 3.66. The topological polar surface area (TPSA) is 20.2 Å². The number of rotatable bonds is 2. The molecule has 1 N–H and O–H groups in total. The van der Waals surface area contributed by atoms with Gasteiger partial charge in [-0.2, -0.15) is 0 Å². The van der Waals surface area contributed by atoms with Gasteiger partial charge in [-0.05, 0) is 56.2 Å². The van der Waals surface area contributed by atoms with Crippen LogP contribution in [0.15, 0.2) is 29.8 Å². The van der Waals surface area contributed by atoms with E-state index in [4.69, 9.17) is 0 Å². The number of allylic oxidation sites excluding steroid dienone is 2. The lowest BCUT2D eigenvalue weighted by atomic mass is 9.93. The lowest BCUT2D eigenvalue weighted by Gasteiger charge is -2.13. The van der Waals surface area contributed by atoms with Crippen molar-refractivity contribution in [3.63, 3.8) is 0 Å². The first-order valence-corrected chi connectivity index (χ1v) is 6.22. The Morgan fingerprint density at radius 2 is 1.94 bits per heavy atom. The van der Waals surface area contributed by atoms with Gasteiger partial charge in [0, 0.05) is 0 Å². The number of phenols is 1. The van der Waals surface area contributed by atoms with Crippen molar-refractivity contribution in [2.45, 2.75) is 45.4 Å². The van der Waals surface area contributed by atoms with Gasteiger partial charge in [0.25, 0.3) is 0 Å². The summed E-state index contributed by atoms with van der Waals surface area (Å²) < 4.78 is 0. The van der Waals surface area contributed by atoms with Gasteiger partial charge in [-0.25, -0.2) is 0 Å². The molecule has 1 aliphatic rings. The summed E-state index contributed by atoms with van der Waals surface area (Å²) in [5.74, 6) is 0.438. The minimum Gasteiger partial charge on any atom is -0.508 e. The largest absolute Gasteiger partial charge is 0.508 e. The van der Waals surface area contributed by atoms with E-state index in [1.807, 2.05) is 19.1 Å². The molecule has 1 aromatic rings. The van der Waals surface area contributed by atoms with Crippen molar-refractivity contribution in [1.29, 1.82) is 0 Å². The van der Waals surface area contributed by atoms with Crippen molar-refractivity contribution >= 4 is 0 Å². The lowest BCUT2D eigenvalue weighted by Crippen LogP contribution is -1.94. The van der Waals surface area contributed by atoms with Gasteiger partial charge < -0.3 is 5.11 Å². The third-order valence-electron chi connectivity index (χ3n) is 3.35. The number of benzene rings is 1. The second kappa shape index (κ2) is 5.20. The fourth-order valence-corrected chi connectivity index (χ4v) is 2.31. The molecule has 0 atom stereocenters. The van der Waals surface area contributed by atoms with Crippen molar-refractivity contribution in [2.75, 3.05) is 0 Å². The van der Waals surface area contributed by atoms with E-state index in [9.17, 15) is 5.11 Å². The van der Waals surface area contributed by atoms with Crippen molar-refractivity contribution in [3.05, 3.63) is 41.0 Å². The van der Waals surface area contributed by atoms with Crippen LogP contribution in [0.25, 0.3) is 0 Å². The molecule has 0 radical (unpaired) electrons. The van der Waals surface area contributed by atoms with Gasteiger partial charge in [0.1, 0.15) is 5.75 Å². The summed E-state index contributed by atoms with van der Waals surface area (Å²) in [6, 6.07) is 5.94. The first-order chi connectivity index (χ1) is 7.75. The molecule has 0 unspecified atom stereocenters. The van der Waals surface area contributed by atoms with E-state index in [-0.39, 0.29) is 0 Å². The molecule has 1 aromatic carbocycles. The van der Waals surface area contributed by atoms with Crippen LogP contribution >= 0.6 is 0 Å². The zero-order chi connectivity index (χ0) is 11.4. The van der Waals surface area contributed by atoms with Crippen LogP contribution in [0.2, 0.25) is 0 Å². The van der Waals surface area contributed by atoms with Crippen molar-refractivity contribution in [3.8, 4) is 5.75 Å². The zero-order valence-corrected chi connectivity index (χ0v) is 10.00. The zero-order valence-electron chi connectivity index (χ0n) is 10.00. The standard InChI is InChI=1S/C15H20O/c1-12-7-9-14(15(16)11-12)10-8-13-5-3-2-4-6-13/h7-9,11,16H,2-6,10H2,1H3. The van der Waals surface area contributed by atoms with Gasteiger partial charge >= 0.3 is 0 Å². The highest BCUT2D eigenvalue weighted by molar-refractivity contribution is 5.37. The summed E-state index contributed by atoms with van der Waals surface area (Å²) >= 11 is 0. The number of aryl methyl sites for hydroxylation is 1. The maximum Gasteiger partial charge on any atom is 0.119 e. The molecule has 0 aromatic heterocycles. The Balaban J connectivity index is 2.03. The van der Waals surface area contributed by atoms with Crippen LogP contribution in [0.3, 0.4) is 0 Å². The fraction of sp³-hybridized carbons (Fsp3) is 0.467. The SMILES string of the molecule is Cc1ccc(CC=C2CCCCC2)c(O)c1. The van der Waals surface area contributed by atoms with Crippen LogP contribution in [-0.4, -0.2) is 5.11 Å². The molecule has 1 aliphatic carbocycles. The molecule has 1 saturated carbocycles. The average molecular weight is 216 g/mol. The smallest absolute Gasteiger partial charge is 0.119 e. The molecule has 1 nitrogen and oxygen atoms in total. The third-order valence-corrected chi connectivity index (χ3v) is 3.35. The summed E-state index contributed by atoms with van der Waals surface area (Å²) in [6.07, 6.45) is 9.76. The van der Waals surface area contributed by atoms with E-state index in [1.54, 1.807) is 5.57 Å². The van der Waals surface area contributed by atoms with E-state index in [0.29, 0.717) is 5.75 Å². The van der Waals surface area contributed by atoms with Gasteiger partial charge in [0.2, 0.25) is 0 Å². The quantitative estimate of drug-likeness (QED) is 0.737. The predicted molar refractivity (Wildman–Crippen MR) is 67.7 cm³/mol. The molecule has 0 bridgehead atoms. The Morgan fingerprint density at radius 1 is 1.19 bits per heavy atom. The van der Waals surface area contributed by atoms with Crippen LogP contribution in [-0.2, 0) is 6.42 Å². The van der Waals surface area contributed by atoms with Gasteiger partial charge in [-0.1, -0.05) is 30.2 Å². The highest BCUT2D eigenvalue weighted by atomic mass is 16.3. The number of aromatic hydroxyl groups is 1. The van der Waals surface area contributed by atoms with Gasteiger partial charge in [-0.3, -0.25) is 0 Å². The van der Waals surface area contributed by atoms with Crippen LogP contribution in [0, 0.1) is 6.92 Å². The van der Waals surface area contributed by atoms with Crippen LogP contribution in [0.4, 0.5) is 0 Å². The fourth-order valence-electron chi connectivity index (χ4n) is 2.31. The van der Waals surface area contributed by atoms with E-state index >= 15 is 0 Å². The van der Waals surface area contributed by atoms with Gasteiger partial charge in [-0.15, -0.1) is 0 Å². The van der Waals surface area contributed by atoms with Crippen LogP contribution in [0.1, 0.15) is 43.2 Å². The number of phenolic OH excluding ortho intramolecular Hbond substituents is 1. The Labute approximate surface area is 97.8 Å². The number of hydrogen-bond acceptors (Lipinski definition) is 1. The van der Waals surface area contributed by atoms with E-state index in [2.05, 4.69) is 12.1 Å². The molecule has 0 saturated heterocycles. The molecule has 16 heavy (non-hydrogen) atoms. The highest BCUT2D eigenvalue weighted by Gasteiger charge is 2.05. The maximum absolute atomic E-state index is 9.79. The maximum atomic E-state index is 9.79. The molecule has 0 spiro atoms.